The molecule has 0 saturated carbocycles. The molecule has 4 rings (SSSR count). The van der Waals surface area contributed by atoms with Gasteiger partial charge in [0.2, 0.25) is 5.91 Å². The van der Waals surface area contributed by atoms with Crippen LogP contribution in [0.5, 0.6) is 0 Å². The van der Waals surface area contributed by atoms with Crippen molar-refractivity contribution in [1.82, 2.24) is 10.3 Å². The molecule has 3 aromatic rings. The van der Waals surface area contributed by atoms with E-state index in [0.29, 0.717) is 0 Å². The third-order valence-corrected chi connectivity index (χ3v) is 4.49. The standard InChI is InChI=1S/C19H18FN3O/c20-14-4-5-17-16(9-14)13(11-22-17)8-19(24)23-18-3-1-2-12-10-21-7-6-15(12)18/h1-5,9,11,21-22H,6-8,10H2,(H,23,24). The van der Waals surface area contributed by atoms with Gasteiger partial charge in [0, 0.05) is 29.3 Å². The maximum atomic E-state index is 13.4. The Bertz CT molecular complexity index is 916. The highest BCUT2D eigenvalue weighted by atomic mass is 19.1. The molecular weight excluding hydrogens is 305 g/mol. The van der Waals surface area contributed by atoms with Crippen LogP contribution in [-0.4, -0.2) is 17.4 Å². The number of carbonyl (C=O) groups excluding carboxylic acids is 1. The molecule has 0 atom stereocenters. The highest BCUT2D eigenvalue weighted by Crippen LogP contribution is 2.24. The Morgan fingerprint density at radius 2 is 2.17 bits per heavy atom. The minimum absolute atomic E-state index is 0.0907. The van der Waals surface area contributed by atoms with Gasteiger partial charge in [-0.1, -0.05) is 12.1 Å². The molecule has 0 aliphatic carbocycles. The van der Waals surface area contributed by atoms with Crippen molar-refractivity contribution in [3.8, 4) is 0 Å². The second-order valence-corrected chi connectivity index (χ2v) is 6.10. The van der Waals surface area contributed by atoms with Crippen molar-refractivity contribution in [3.63, 3.8) is 0 Å². The summed E-state index contributed by atoms with van der Waals surface area (Å²) >= 11 is 0. The molecule has 0 saturated heterocycles. The number of halogens is 1. The Kier molecular flexibility index (Phi) is 3.78. The second kappa shape index (κ2) is 6.09. The van der Waals surface area contributed by atoms with Crippen molar-refractivity contribution >= 4 is 22.5 Å². The van der Waals surface area contributed by atoms with Crippen LogP contribution >= 0.6 is 0 Å². The first-order chi connectivity index (χ1) is 11.7. The first kappa shape index (κ1) is 14.9. The highest BCUT2D eigenvalue weighted by molar-refractivity contribution is 5.96. The predicted octanol–water partition coefficient (Wildman–Crippen LogP) is 3.13. The molecule has 0 bridgehead atoms. The van der Waals surface area contributed by atoms with E-state index < -0.39 is 0 Å². The number of H-pyrrole nitrogens is 1. The average Bonchev–Trinajstić information content (AvgIpc) is 2.97. The average molecular weight is 323 g/mol. The number of aromatic nitrogens is 1. The van der Waals surface area contributed by atoms with E-state index >= 15 is 0 Å². The molecule has 5 heteroatoms. The molecule has 3 N–H and O–H groups in total. The fourth-order valence-corrected chi connectivity index (χ4v) is 3.31. The van der Waals surface area contributed by atoms with E-state index in [0.717, 1.165) is 41.7 Å². The van der Waals surface area contributed by atoms with E-state index in [2.05, 4.69) is 21.7 Å². The zero-order chi connectivity index (χ0) is 16.5. The molecule has 0 radical (unpaired) electrons. The lowest BCUT2D eigenvalue weighted by atomic mass is 9.99. The molecule has 24 heavy (non-hydrogen) atoms. The van der Waals surface area contributed by atoms with Gasteiger partial charge < -0.3 is 15.6 Å². The molecule has 1 aliphatic rings. The Balaban J connectivity index is 1.56. The van der Waals surface area contributed by atoms with Gasteiger partial charge in [0.05, 0.1) is 6.42 Å². The summed E-state index contributed by atoms with van der Waals surface area (Å²) in [5.74, 6) is -0.388. The molecule has 4 nitrogen and oxygen atoms in total. The smallest absolute Gasteiger partial charge is 0.228 e. The number of aromatic amines is 1. The Hall–Kier alpha value is -2.66. The van der Waals surface area contributed by atoms with Gasteiger partial charge >= 0.3 is 0 Å². The highest BCUT2D eigenvalue weighted by Gasteiger charge is 2.15. The summed E-state index contributed by atoms with van der Waals surface area (Å²) in [6.07, 6.45) is 2.89. The minimum Gasteiger partial charge on any atom is -0.361 e. The van der Waals surface area contributed by atoms with Gasteiger partial charge in [0.15, 0.2) is 0 Å². The summed E-state index contributed by atoms with van der Waals surface area (Å²) in [6.45, 7) is 1.75. The summed E-state index contributed by atoms with van der Waals surface area (Å²) < 4.78 is 13.4. The minimum atomic E-state index is -0.298. The van der Waals surface area contributed by atoms with Crippen LogP contribution in [0.25, 0.3) is 10.9 Å². The molecule has 0 spiro atoms. The lowest BCUT2D eigenvalue weighted by Crippen LogP contribution is -2.25. The molecule has 1 aliphatic heterocycles. The summed E-state index contributed by atoms with van der Waals surface area (Å²) in [7, 11) is 0. The quantitative estimate of drug-likeness (QED) is 0.693. The number of fused-ring (bicyclic) bond motifs is 2. The van der Waals surface area contributed by atoms with Crippen molar-refractivity contribution < 1.29 is 9.18 Å². The van der Waals surface area contributed by atoms with Crippen molar-refractivity contribution in [2.45, 2.75) is 19.4 Å². The van der Waals surface area contributed by atoms with Gasteiger partial charge in [-0.15, -0.1) is 0 Å². The van der Waals surface area contributed by atoms with Crippen LogP contribution in [0.2, 0.25) is 0 Å². The van der Waals surface area contributed by atoms with Crippen LogP contribution in [0.4, 0.5) is 10.1 Å². The van der Waals surface area contributed by atoms with Crippen molar-refractivity contribution in [1.29, 1.82) is 0 Å². The van der Waals surface area contributed by atoms with E-state index in [4.69, 9.17) is 0 Å². The number of benzene rings is 2. The lowest BCUT2D eigenvalue weighted by Gasteiger charge is -2.20. The largest absolute Gasteiger partial charge is 0.361 e. The molecule has 2 aromatic carbocycles. The number of rotatable bonds is 3. The van der Waals surface area contributed by atoms with Crippen molar-refractivity contribution in [2.24, 2.45) is 0 Å². The second-order valence-electron chi connectivity index (χ2n) is 6.10. The van der Waals surface area contributed by atoms with Crippen LogP contribution < -0.4 is 10.6 Å². The maximum Gasteiger partial charge on any atom is 0.228 e. The SMILES string of the molecule is O=C(Cc1c[nH]c2ccc(F)cc12)Nc1cccc2c1CCNC2. The molecule has 1 aromatic heterocycles. The van der Waals surface area contributed by atoms with E-state index in [1.807, 2.05) is 12.1 Å². The Morgan fingerprint density at radius 1 is 1.25 bits per heavy atom. The number of hydrogen-bond donors (Lipinski definition) is 3. The topological polar surface area (TPSA) is 56.9 Å². The number of amides is 1. The zero-order valence-electron chi connectivity index (χ0n) is 13.2. The number of anilines is 1. The normalized spacial score (nSPS) is 13.7. The Labute approximate surface area is 139 Å². The van der Waals surface area contributed by atoms with Gasteiger partial charge in [-0.05, 0) is 53.9 Å². The molecule has 122 valence electrons. The lowest BCUT2D eigenvalue weighted by molar-refractivity contribution is -0.115. The van der Waals surface area contributed by atoms with Gasteiger partial charge in [-0.2, -0.15) is 0 Å². The van der Waals surface area contributed by atoms with Crippen LogP contribution in [0.15, 0.2) is 42.6 Å². The van der Waals surface area contributed by atoms with E-state index in [1.165, 1.54) is 23.3 Å². The van der Waals surface area contributed by atoms with Crippen LogP contribution in [-0.2, 0) is 24.2 Å². The van der Waals surface area contributed by atoms with Gasteiger partial charge in [-0.25, -0.2) is 4.39 Å². The number of hydrogen-bond acceptors (Lipinski definition) is 2. The summed E-state index contributed by atoms with van der Waals surface area (Å²) in [4.78, 5) is 15.5. The third-order valence-electron chi connectivity index (χ3n) is 4.49. The van der Waals surface area contributed by atoms with E-state index in [-0.39, 0.29) is 18.1 Å². The maximum absolute atomic E-state index is 13.4. The van der Waals surface area contributed by atoms with Gasteiger partial charge in [-0.3, -0.25) is 4.79 Å². The first-order valence-corrected chi connectivity index (χ1v) is 8.07. The van der Waals surface area contributed by atoms with E-state index in [9.17, 15) is 9.18 Å². The summed E-state index contributed by atoms with van der Waals surface area (Å²) in [5.41, 5.74) is 4.95. The van der Waals surface area contributed by atoms with Crippen molar-refractivity contribution in [2.75, 3.05) is 11.9 Å². The Morgan fingerprint density at radius 3 is 3.08 bits per heavy atom. The first-order valence-electron chi connectivity index (χ1n) is 8.07. The van der Waals surface area contributed by atoms with Crippen molar-refractivity contribution in [3.05, 3.63) is 65.1 Å². The summed E-state index contributed by atoms with van der Waals surface area (Å²) in [6, 6.07) is 10.5. The van der Waals surface area contributed by atoms with Crippen LogP contribution in [0.3, 0.4) is 0 Å². The van der Waals surface area contributed by atoms with Gasteiger partial charge in [0.25, 0.3) is 0 Å². The fourth-order valence-electron chi connectivity index (χ4n) is 3.31. The van der Waals surface area contributed by atoms with Gasteiger partial charge in [0.1, 0.15) is 5.82 Å². The molecule has 0 unspecified atom stereocenters. The fraction of sp³-hybridized carbons (Fsp3) is 0.211. The molecule has 1 amide bonds. The van der Waals surface area contributed by atoms with Crippen LogP contribution in [0.1, 0.15) is 16.7 Å². The molecular formula is C19H18FN3O. The number of nitrogens with one attached hydrogen (secondary N) is 3. The third kappa shape index (κ3) is 2.78. The number of carbonyl (C=O) groups is 1. The van der Waals surface area contributed by atoms with Crippen LogP contribution in [0, 0.1) is 5.82 Å². The molecule has 2 heterocycles. The molecule has 0 fully saturated rings. The van der Waals surface area contributed by atoms with E-state index in [1.54, 1.807) is 12.3 Å². The summed E-state index contributed by atoms with van der Waals surface area (Å²) in [5, 5.41) is 7.10. The zero-order valence-corrected chi connectivity index (χ0v) is 13.2. The monoisotopic (exact) mass is 323 g/mol. The predicted molar refractivity (Wildman–Crippen MR) is 92.4 cm³/mol.